The third-order valence-corrected chi connectivity index (χ3v) is 4.36. The zero-order valence-electron chi connectivity index (χ0n) is 11.8. The summed E-state index contributed by atoms with van der Waals surface area (Å²) in [4.78, 5) is 27.2. The zero-order valence-corrected chi connectivity index (χ0v) is 11.8. The standard InChI is InChI=1S/C14H24N2O4/c17-9-3-6-12-5-2-8-16(12)14(20)15-7-1-4-11(10-15)13(18)19/h11-12,17H,1-10H2,(H,18,19). The van der Waals surface area contributed by atoms with E-state index in [1.807, 2.05) is 4.90 Å². The summed E-state index contributed by atoms with van der Waals surface area (Å²) in [7, 11) is 0. The normalized spacial score (nSPS) is 26.9. The number of likely N-dealkylation sites (tertiary alicyclic amines) is 2. The Labute approximate surface area is 119 Å². The first-order chi connectivity index (χ1) is 9.63. The van der Waals surface area contributed by atoms with Crippen molar-refractivity contribution in [2.75, 3.05) is 26.2 Å². The van der Waals surface area contributed by atoms with E-state index in [-0.39, 0.29) is 18.7 Å². The van der Waals surface area contributed by atoms with Crippen molar-refractivity contribution < 1.29 is 19.8 Å². The summed E-state index contributed by atoms with van der Waals surface area (Å²) in [5.41, 5.74) is 0. The van der Waals surface area contributed by atoms with Crippen molar-refractivity contribution in [1.82, 2.24) is 9.80 Å². The van der Waals surface area contributed by atoms with Crippen molar-refractivity contribution in [1.29, 1.82) is 0 Å². The molecule has 6 heteroatoms. The van der Waals surface area contributed by atoms with Crippen LogP contribution in [0.1, 0.15) is 38.5 Å². The lowest BCUT2D eigenvalue weighted by Crippen LogP contribution is -2.50. The number of aliphatic carboxylic acids is 1. The Morgan fingerprint density at radius 1 is 1.15 bits per heavy atom. The molecule has 2 aliphatic heterocycles. The van der Waals surface area contributed by atoms with Gasteiger partial charge < -0.3 is 20.0 Å². The van der Waals surface area contributed by atoms with Crippen molar-refractivity contribution in [3.05, 3.63) is 0 Å². The van der Waals surface area contributed by atoms with Gasteiger partial charge in [-0.1, -0.05) is 0 Å². The highest BCUT2D eigenvalue weighted by Crippen LogP contribution is 2.25. The van der Waals surface area contributed by atoms with E-state index in [9.17, 15) is 9.59 Å². The molecule has 0 spiro atoms. The minimum Gasteiger partial charge on any atom is -0.481 e. The number of amides is 2. The van der Waals surface area contributed by atoms with E-state index in [1.54, 1.807) is 4.90 Å². The van der Waals surface area contributed by atoms with Gasteiger partial charge in [-0.2, -0.15) is 0 Å². The topological polar surface area (TPSA) is 81.1 Å². The molecule has 2 rings (SSSR count). The van der Waals surface area contributed by atoms with E-state index >= 15 is 0 Å². The Kier molecular flexibility index (Phi) is 5.23. The minimum absolute atomic E-state index is 0.0172. The summed E-state index contributed by atoms with van der Waals surface area (Å²) < 4.78 is 0. The summed E-state index contributed by atoms with van der Waals surface area (Å²) in [6.45, 7) is 1.90. The quantitative estimate of drug-likeness (QED) is 0.811. The molecule has 2 aliphatic rings. The Morgan fingerprint density at radius 3 is 2.60 bits per heavy atom. The fourth-order valence-electron chi connectivity index (χ4n) is 3.25. The highest BCUT2D eigenvalue weighted by molar-refractivity contribution is 5.77. The molecule has 20 heavy (non-hydrogen) atoms. The second kappa shape index (κ2) is 6.92. The molecule has 114 valence electrons. The molecule has 2 unspecified atom stereocenters. The number of urea groups is 1. The van der Waals surface area contributed by atoms with Crippen LogP contribution < -0.4 is 0 Å². The van der Waals surface area contributed by atoms with Gasteiger partial charge in [0.15, 0.2) is 0 Å². The summed E-state index contributed by atoms with van der Waals surface area (Å²) >= 11 is 0. The van der Waals surface area contributed by atoms with Gasteiger partial charge in [0.1, 0.15) is 0 Å². The number of carbonyl (C=O) groups is 2. The van der Waals surface area contributed by atoms with Gasteiger partial charge in [0.05, 0.1) is 5.92 Å². The molecule has 2 N–H and O–H groups in total. The van der Waals surface area contributed by atoms with Crippen LogP contribution in [-0.4, -0.2) is 64.3 Å². The van der Waals surface area contributed by atoms with Crippen molar-refractivity contribution in [3.8, 4) is 0 Å². The highest BCUT2D eigenvalue weighted by Gasteiger charge is 2.34. The molecule has 0 aromatic carbocycles. The van der Waals surface area contributed by atoms with Crippen LogP contribution in [0, 0.1) is 5.92 Å². The van der Waals surface area contributed by atoms with E-state index < -0.39 is 11.9 Å². The second-order valence-electron chi connectivity index (χ2n) is 5.76. The molecule has 2 amide bonds. The van der Waals surface area contributed by atoms with Crippen molar-refractivity contribution in [2.45, 2.75) is 44.6 Å². The Balaban J connectivity index is 1.93. The molecule has 0 aromatic rings. The number of piperidine rings is 1. The first-order valence-electron chi connectivity index (χ1n) is 7.52. The van der Waals surface area contributed by atoms with Crippen LogP contribution in [0.2, 0.25) is 0 Å². The van der Waals surface area contributed by atoms with Gasteiger partial charge >= 0.3 is 12.0 Å². The second-order valence-corrected chi connectivity index (χ2v) is 5.76. The third-order valence-electron chi connectivity index (χ3n) is 4.36. The van der Waals surface area contributed by atoms with Gasteiger partial charge in [-0.3, -0.25) is 4.79 Å². The van der Waals surface area contributed by atoms with E-state index in [4.69, 9.17) is 10.2 Å². The number of carboxylic acid groups (broad SMARTS) is 1. The summed E-state index contributed by atoms with van der Waals surface area (Å²) in [6, 6.07) is 0.191. The molecule has 0 aliphatic carbocycles. The number of hydrogen-bond donors (Lipinski definition) is 2. The SMILES string of the molecule is O=C(O)C1CCCN(C(=O)N2CCCC2CCCO)C1. The molecule has 2 fully saturated rings. The summed E-state index contributed by atoms with van der Waals surface area (Å²) in [6.07, 6.45) is 4.95. The number of hydrogen-bond acceptors (Lipinski definition) is 3. The average Bonchev–Trinajstić information content (AvgIpc) is 2.92. The van der Waals surface area contributed by atoms with Crippen molar-refractivity contribution >= 4 is 12.0 Å². The lowest BCUT2D eigenvalue weighted by atomic mass is 9.98. The number of carbonyl (C=O) groups excluding carboxylic acids is 1. The van der Waals surface area contributed by atoms with Gasteiger partial charge in [0.25, 0.3) is 0 Å². The van der Waals surface area contributed by atoms with Gasteiger partial charge in [-0.15, -0.1) is 0 Å². The predicted octanol–water partition coefficient (Wildman–Crippen LogP) is 1.14. The number of aliphatic hydroxyl groups is 1. The lowest BCUT2D eigenvalue weighted by Gasteiger charge is -2.36. The lowest BCUT2D eigenvalue weighted by molar-refractivity contribution is -0.143. The summed E-state index contributed by atoms with van der Waals surface area (Å²) in [5, 5.41) is 18.0. The van der Waals surface area contributed by atoms with Crippen molar-refractivity contribution in [3.63, 3.8) is 0 Å². The number of rotatable bonds is 4. The number of nitrogens with zero attached hydrogens (tertiary/aromatic N) is 2. The number of aliphatic hydroxyl groups excluding tert-OH is 1. The van der Waals surface area contributed by atoms with E-state index in [0.29, 0.717) is 25.9 Å². The van der Waals surface area contributed by atoms with Gasteiger partial charge in [-0.05, 0) is 38.5 Å². The Morgan fingerprint density at radius 2 is 1.90 bits per heavy atom. The summed E-state index contributed by atoms with van der Waals surface area (Å²) in [5.74, 6) is -1.23. The molecule has 0 saturated carbocycles. The minimum atomic E-state index is -0.805. The van der Waals surface area contributed by atoms with Gasteiger partial charge in [-0.25, -0.2) is 4.79 Å². The monoisotopic (exact) mass is 284 g/mol. The maximum Gasteiger partial charge on any atom is 0.320 e. The molecular formula is C14H24N2O4. The van der Waals surface area contributed by atoms with Crippen LogP contribution in [0.5, 0.6) is 0 Å². The molecule has 0 aromatic heterocycles. The number of carboxylic acids is 1. The molecule has 0 bridgehead atoms. The fourth-order valence-corrected chi connectivity index (χ4v) is 3.25. The third kappa shape index (κ3) is 3.42. The van der Waals surface area contributed by atoms with Crippen LogP contribution in [0.3, 0.4) is 0 Å². The molecular weight excluding hydrogens is 260 g/mol. The first-order valence-corrected chi connectivity index (χ1v) is 7.52. The molecule has 2 heterocycles. The smallest absolute Gasteiger partial charge is 0.320 e. The van der Waals surface area contributed by atoms with Gasteiger partial charge in [0, 0.05) is 32.3 Å². The van der Waals surface area contributed by atoms with Crippen molar-refractivity contribution in [2.24, 2.45) is 5.92 Å². The zero-order chi connectivity index (χ0) is 14.5. The molecule has 2 saturated heterocycles. The highest BCUT2D eigenvalue weighted by atomic mass is 16.4. The largest absolute Gasteiger partial charge is 0.481 e. The van der Waals surface area contributed by atoms with E-state index in [1.165, 1.54) is 0 Å². The maximum atomic E-state index is 12.5. The Hall–Kier alpha value is -1.30. The molecule has 2 atom stereocenters. The Bertz CT molecular complexity index is 361. The predicted molar refractivity (Wildman–Crippen MR) is 73.4 cm³/mol. The van der Waals surface area contributed by atoms with Crippen LogP contribution in [0.4, 0.5) is 4.79 Å². The first kappa shape index (κ1) is 15.1. The molecule has 6 nitrogen and oxygen atoms in total. The van der Waals surface area contributed by atoms with E-state index in [0.717, 1.165) is 32.2 Å². The molecule has 0 radical (unpaired) electrons. The van der Waals surface area contributed by atoms with Crippen LogP contribution in [0.25, 0.3) is 0 Å². The van der Waals surface area contributed by atoms with Crippen LogP contribution in [-0.2, 0) is 4.79 Å². The van der Waals surface area contributed by atoms with Crippen LogP contribution >= 0.6 is 0 Å². The maximum absolute atomic E-state index is 12.5. The average molecular weight is 284 g/mol. The fraction of sp³-hybridized carbons (Fsp3) is 0.857. The van der Waals surface area contributed by atoms with Crippen LogP contribution in [0.15, 0.2) is 0 Å². The van der Waals surface area contributed by atoms with E-state index in [2.05, 4.69) is 0 Å². The van der Waals surface area contributed by atoms with Gasteiger partial charge in [0.2, 0.25) is 0 Å².